The van der Waals surface area contributed by atoms with Crippen LogP contribution in [0.5, 0.6) is 0 Å². The Kier molecular flexibility index (Phi) is 6.54. The molecule has 0 bridgehead atoms. The molecule has 0 fully saturated rings. The molecule has 1 amide bonds. The molecule has 9 heteroatoms. The molecule has 3 aromatic rings. The van der Waals surface area contributed by atoms with E-state index in [1.807, 2.05) is 36.4 Å². The highest BCUT2D eigenvalue weighted by atomic mass is 19.1. The van der Waals surface area contributed by atoms with Crippen molar-refractivity contribution in [3.05, 3.63) is 105 Å². The van der Waals surface area contributed by atoms with Gasteiger partial charge >= 0.3 is 0 Å². The minimum Gasteiger partial charge on any atom is -0.313 e. The fourth-order valence-electron chi connectivity index (χ4n) is 3.52. The van der Waals surface area contributed by atoms with Gasteiger partial charge in [-0.3, -0.25) is 25.3 Å². The maximum atomic E-state index is 14.1. The first kappa shape index (κ1) is 22.5. The number of nitrogens with zero attached hydrogens (tertiary/aromatic N) is 4. The number of nitro benzene ring substituents is 1. The number of carbonyl (C=O) groups is 1. The molecular formula is C25H20FN5O3. The Morgan fingerprint density at radius 1 is 1.06 bits per heavy atom. The quantitative estimate of drug-likeness (QED) is 0.447. The summed E-state index contributed by atoms with van der Waals surface area (Å²) in [5.41, 5.74) is 6.27. The zero-order valence-electron chi connectivity index (χ0n) is 18.2. The molecule has 8 nitrogen and oxygen atoms in total. The molecule has 0 aromatic heterocycles. The molecule has 3 aromatic carbocycles. The average molecular weight is 457 g/mol. The molecule has 0 radical (unpaired) electrons. The fourth-order valence-corrected chi connectivity index (χ4v) is 3.52. The number of nitro groups is 1. The summed E-state index contributed by atoms with van der Waals surface area (Å²) in [4.78, 5) is 28.1. The maximum Gasteiger partial charge on any atom is 0.270 e. The van der Waals surface area contributed by atoms with Gasteiger partial charge in [-0.15, -0.1) is 0 Å². The van der Waals surface area contributed by atoms with Crippen LogP contribution in [0.1, 0.15) is 16.7 Å². The predicted octanol–water partition coefficient (Wildman–Crippen LogP) is 4.66. The molecule has 2 heterocycles. The lowest BCUT2D eigenvalue weighted by molar-refractivity contribution is -0.384. The van der Waals surface area contributed by atoms with Crippen molar-refractivity contribution in [2.24, 2.45) is 10.1 Å². The zero-order chi connectivity index (χ0) is 24.1. The lowest BCUT2D eigenvalue weighted by atomic mass is 9.99. The summed E-state index contributed by atoms with van der Waals surface area (Å²) in [6.07, 6.45) is 5.68. The van der Waals surface area contributed by atoms with Crippen LogP contribution in [0.2, 0.25) is 0 Å². The molecule has 0 atom stereocenters. The third kappa shape index (κ3) is 4.73. The summed E-state index contributed by atoms with van der Waals surface area (Å²) in [5, 5.41) is 15.0. The van der Waals surface area contributed by atoms with Crippen LogP contribution < -0.4 is 10.3 Å². The number of allylic oxidation sites excluding steroid dienone is 1. The van der Waals surface area contributed by atoms with Crippen molar-refractivity contribution in [2.45, 2.75) is 0 Å². The highest BCUT2D eigenvalue weighted by Gasteiger charge is 2.25. The Labute approximate surface area is 194 Å². The van der Waals surface area contributed by atoms with Crippen LogP contribution in [0.4, 0.5) is 21.5 Å². The van der Waals surface area contributed by atoms with Crippen LogP contribution in [0.15, 0.2) is 82.9 Å². The largest absolute Gasteiger partial charge is 0.313 e. The monoisotopic (exact) mass is 457 g/mol. The van der Waals surface area contributed by atoms with Gasteiger partial charge in [0.2, 0.25) is 5.91 Å². The summed E-state index contributed by atoms with van der Waals surface area (Å²) in [5.74, 6) is -0.771. The Balaban J connectivity index is 0.000000207. The topological polar surface area (TPSA) is 100 Å². The molecule has 0 saturated heterocycles. The minimum atomic E-state index is -0.536. The molecule has 170 valence electrons. The number of non-ortho nitro benzene ring substituents is 1. The number of amides is 1. The van der Waals surface area contributed by atoms with E-state index in [0.29, 0.717) is 11.3 Å². The normalized spacial score (nSPS) is 13.9. The molecule has 2 aliphatic heterocycles. The van der Waals surface area contributed by atoms with Crippen LogP contribution in [0, 0.1) is 15.9 Å². The van der Waals surface area contributed by atoms with Gasteiger partial charge in [0.05, 0.1) is 22.0 Å². The lowest BCUT2D eigenvalue weighted by Gasteiger charge is -2.17. The van der Waals surface area contributed by atoms with Crippen LogP contribution >= 0.6 is 0 Å². The molecule has 2 aliphatic rings. The number of carbonyl (C=O) groups excluding carboxylic acids is 1. The van der Waals surface area contributed by atoms with E-state index in [0.717, 1.165) is 5.69 Å². The molecule has 0 aliphatic carbocycles. The van der Waals surface area contributed by atoms with Crippen molar-refractivity contribution in [3.8, 4) is 0 Å². The number of likely N-dealkylation sites (N-methyl/N-ethyl adjacent to an activating group) is 1. The molecule has 5 rings (SSSR count). The van der Waals surface area contributed by atoms with Gasteiger partial charge < -0.3 is 4.90 Å². The number of benzene rings is 3. The number of hydrogen-bond acceptors (Lipinski definition) is 6. The number of benzodiazepines with no additional fused rings is 1. The van der Waals surface area contributed by atoms with Gasteiger partial charge in [0.15, 0.2) is 0 Å². The van der Waals surface area contributed by atoms with Crippen LogP contribution in [-0.2, 0) is 4.79 Å². The van der Waals surface area contributed by atoms with E-state index in [9.17, 15) is 19.3 Å². The third-order valence-electron chi connectivity index (χ3n) is 5.27. The van der Waals surface area contributed by atoms with Gasteiger partial charge in [-0.05, 0) is 35.9 Å². The average Bonchev–Trinajstić information content (AvgIpc) is 3.16. The number of nitrogens with one attached hydrogen (secondary N) is 1. The Hall–Kier alpha value is -4.66. The predicted molar refractivity (Wildman–Crippen MR) is 131 cm³/mol. The second-order valence-electron chi connectivity index (χ2n) is 7.39. The minimum absolute atomic E-state index is 0.143. The first-order chi connectivity index (χ1) is 16.5. The van der Waals surface area contributed by atoms with Crippen molar-refractivity contribution in [2.75, 3.05) is 23.9 Å². The SMILES string of the molecule is C1=Cc2ccccc2NN=C1.CN1C(=O)CN=C(c2ccccc2F)c2cc([N+](=O)[O-])ccc21. The van der Waals surface area contributed by atoms with Crippen LogP contribution in [0.25, 0.3) is 6.08 Å². The van der Waals surface area contributed by atoms with Crippen molar-refractivity contribution >= 4 is 41.0 Å². The van der Waals surface area contributed by atoms with Crippen LogP contribution in [-0.4, -0.2) is 36.3 Å². The number of hydrogen-bond donors (Lipinski definition) is 1. The maximum absolute atomic E-state index is 14.1. The number of hydrazone groups is 1. The second-order valence-corrected chi connectivity index (χ2v) is 7.39. The molecule has 1 N–H and O–H groups in total. The Bertz CT molecular complexity index is 1350. The molecule has 0 spiro atoms. The molecule has 0 saturated carbocycles. The number of aliphatic imine (C=N–C) groups is 1. The summed E-state index contributed by atoms with van der Waals surface area (Å²) < 4.78 is 14.1. The number of fused-ring (bicyclic) bond motifs is 2. The highest BCUT2D eigenvalue weighted by Crippen LogP contribution is 2.30. The second kappa shape index (κ2) is 9.86. The van der Waals surface area contributed by atoms with Gasteiger partial charge in [0.1, 0.15) is 12.4 Å². The van der Waals surface area contributed by atoms with E-state index in [-0.39, 0.29) is 29.4 Å². The number of halogens is 1. The van der Waals surface area contributed by atoms with E-state index in [2.05, 4.69) is 15.5 Å². The van der Waals surface area contributed by atoms with Crippen LogP contribution in [0.3, 0.4) is 0 Å². The van der Waals surface area contributed by atoms with E-state index in [1.165, 1.54) is 40.8 Å². The lowest BCUT2D eigenvalue weighted by Crippen LogP contribution is -2.27. The Morgan fingerprint density at radius 2 is 1.82 bits per heavy atom. The summed E-state index contributed by atoms with van der Waals surface area (Å²) in [7, 11) is 1.56. The Morgan fingerprint density at radius 3 is 2.62 bits per heavy atom. The van der Waals surface area contributed by atoms with Gasteiger partial charge in [-0.2, -0.15) is 5.10 Å². The molecule has 34 heavy (non-hydrogen) atoms. The standard InChI is InChI=1S/C16H12FN3O3.C9H8N2/c1-19-14-7-6-10(20(22)23)8-12(14)16(18-9-15(19)21)11-4-2-3-5-13(11)17;1-2-6-9-8(4-1)5-3-7-10-11-9/h2-8H,9H2,1H3;1-7,11H. The fraction of sp³-hybridized carbons (Fsp3) is 0.0800. The summed E-state index contributed by atoms with van der Waals surface area (Å²) in [6, 6.07) is 18.2. The highest BCUT2D eigenvalue weighted by molar-refractivity contribution is 6.19. The number of para-hydroxylation sites is 1. The van der Waals surface area contributed by atoms with Crippen molar-refractivity contribution < 1.29 is 14.1 Å². The van der Waals surface area contributed by atoms with E-state index >= 15 is 0 Å². The number of anilines is 2. The van der Waals surface area contributed by atoms with Gasteiger partial charge in [0, 0.05) is 36.5 Å². The molecule has 0 unspecified atom stereocenters. The zero-order valence-corrected chi connectivity index (χ0v) is 18.2. The first-order valence-corrected chi connectivity index (χ1v) is 10.3. The van der Waals surface area contributed by atoms with E-state index in [1.54, 1.807) is 25.4 Å². The van der Waals surface area contributed by atoms with Gasteiger partial charge in [-0.25, -0.2) is 4.39 Å². The molecular weight excluding hydrogens is 437 g/mol. The van der Waals surface area contributed by atoms with Crippen molar-refractivity contribution in [1.29, 1.82) is 0 Å². The van der Waals surface area contributed by atoms with Gasteiger partial charge in [0.25, 0.3) is 5.69 Å². The number of rotatable bonds is 2. The summed E-state index contributed by atoms with van der Waals surface area (Å²) >= 11 is 0. The van der Waals surface area contributed by atoms with E-state index < -0.39 is 10.7 Å². The third-order valence-corrected chi connectivity index (χ3v) is 5.27. The summed E-state index contributed by atoms with van der Waals surface area (Å²) in [6.45, 7) is -0.150. The van der Waals surface area contributed by atoms with Gasteiger partial charge in [-0.1, -0.05) is 36.4 Å². The van der Waals surface area contributed by atoms with Crippen molar-refractivity contribution in [1.82, 2.24) is 0 Å². The van der Waals surface area contributed by atoms with Crippen molar-refractivity contribution in [3.63, 3.8) is 0 Å². The van der Waals surface area contributed by atoms with E-state index in [4.69, 9.17) is 0 Å². The smallest absolute Gasteiger partial charge is 0.270 e. The first-order valence-electron chi connectivity index (χ1n) is 10.3.